The van der Waals surface area contributed by atoms with Gasteiger partial charge in [0.15, 0.2) is 6.10 Å². The van der Waals surface area contributed by atoms with Crippen LogP contribution in [0.4, 0.5) is 18.9 Å². The van der Waals surface area contributed by atoms with Crippen LogP contribution in [-0.4, -0.2) is 37.4 Å². The Kier molecular flexibility index (Phi) is 5.81. The van der Waals surface area contributed by atoms with Crippen molar-refractivity contribution in [2.75, 3.05) is 14.1 Å². The van der Waals surface area contributed by atoms with Gasteiger partial charge in [-0.05, 0) is 54.8 Å². The Morgan fingerprint density at radius 3 is 2.62 bits per heavy atom. The number of ether oxygens (including phenoxy) is 1. The van der Waals surface area contributed by atoms with Gasteiger partial charge in [-0.3, -0.25) is 0 Å². The third-order valence-electron chi connectivity index (χ3n) is 4.43. The topological polar surface area (TPSA) is 46.4 Å². The predicted molar refractivity (Wildman–Crippen MR) is 106 cm³/mol. The van der Waals surface area contributed by atoms with Gasteiger partial charge >= 0.3 is 6.36 Å². The molecule has 3 rings (SSSR count). The zero-order valence-corrected chi connectivity index (χ0v) is 16.6. The second-order valence-corrected chi connectivity index (χ2v) is 7.12. The van der Waals surface area contributed by atoms with E-state index in [4.69, 9.17) is 4.84 Å². The molecule has 1 unspecified atom stereocenters. The van der Waals surface area contributed by atoms with Crippen molar-refractivity contribution in [3.05, 3.63) is 58.7 Å². The van der Waals surface area contributed by atoms with Crippen LogP contribution in [0, 0.1) is 13.8 Å². The highest BCUT2D eigenvalue weighted by molar-refractivity contribution is 6.01. The summed E-state index contributed by atoms with van der Waals surface area (Å²) in [6.45, 7) is 3.95. The number of hydrogen-bond donors (Lipinski definition) is 0. The molecular weight excluding hydrogens is 383 g/mol. The molecule has 1 aliphatic rings. The van der Waals surface area contributed by atoms with Crippen molar-refractivity contribution in [3.63, 3.8) is 0 Å². The molecule has 0 aromatic heterocycles. The van der Waals surface area contributed by atoms with Crippen LogP contribution < -0.4 is 4.74 Å². The lowest BCUT2D eigenvalue weighted by molar-refractivity contribution is -0.274. The Morgan fingerprint density at radius 1 is 1.17 bits per heavy atom. The van der Waals surface area contributed by atoms with Gasteiger partial charge in [-0.1, -0.05) is 17.3 Å². The second kappa shape index (κ2) is 8.14. The van der Waals surface area contributed by atoms with E-state index in [0.29, 0.717) is 17.7 Å². The van der Waals surface area contributed by atoms with E-state index in [0.717, 1.165) is 22.4 Å². The molecule has 0 spiro atoms. The van der Waals surface area contributed by atoms with Gasteiger partial charge < -0.3 is 14.5 Å². The number of hydrogen-bond acceptors (Lipinski definition) is 4. The quantitative estimate of drug-likeness (QED) is 0.502. The van der Waals surface area contributed by atoms with E-state index in [1.54, 1.807) is 12.4 Å². The van der Waals surface area contributed by atoms with Crippen molar-refractivity contribution >= 4 is 17.7 Å². The number of benzene rings is 2. The number of halogens is 3. The van der Waals surface area contributed by atoms with Crippen LogP contribution in [0.1, 0.15) is 34.8 Å². The minimum absolute atomic E-state index is 0.281. The molecule has 29 heavy (non-hydrogen) atoms. The lowest BCUT2D eigenvalue weighted by atomic mass is 9.95. The van der Waals surface area contributed by atoms with Crippen LogP contribution >= 0.6 is 0 Å². The third kappa shape index (κ3) is 5.28. The molecule has 154 valence electrons. The number of alkyl halides is 3. The molecule has 5 nitrogen and oxygen atoms in total. The zero-order chi connectivity index (χ0) is 21.2. The minimum Gasteiger partial charge on any atom is -0.406 e. The number of oxime groups is 1. The predicted octanol–water partition coefficient (Wildman–Crippen LogP) is 5.29. The van der Waals surface area contributed by atoms with Crippen molar-refractivity contribution in [2.24, 2.45) is 10.1 Å². The van der Waals surface area contributed by atoms with Gasteiger partial charge in [-0.25, -0.2) is 4.99 Å². The maximum Gasteiger partial charge on any atom is 0.573 e. The fraction of sp³-hybridized carbons (Fsp3) is 0.333. The Bertz CT molecular complexity index is 953. The lowest BCUT2D eigenvalue weighted by Crippen LogP contribution is -2.17. The summed E-state index contributed by atoms with van der Waals surface area (Å²) in [5.74, 6) is -0.281. The number of nitrogens with zero attached hydrogens (tertiary/aromatic N) is 3. The summed E-state index contributed by atoms with van der Waals surface area (Å²) in [7, 11) is 3.81. The van der Waals surface area contributed by atoms with Crippen LogP contribution in [0.3, 0.4) is 0 Å². The summed E-state index contributed by atoms with van der Waals surface area (Å²) in [6, 6.07) is 9.76. The molecular formula is C21H22F3N3O2. The highest BCUT2D eigenvalue weighted by Gasteiger charge is 2.32. The SMILES string of the molecule is Cc1cc(C2CC(c3cccc(OC(F)(F)F)c3)=NO2)c(C)cc1/N=C\N(C)C. The zero-order valence-electron chi connectivity index (χ0n) is 16.6. The largest absolute Gasteiger partial charge is 0.573 e. The highest BCUT2D eigenvalue weighted by atomic mass is 19.4. The van der Waals surface area contributed by atoms with E-state index >= 15 is 0 Å². The Balaban J connectivity index is 1.77. The second-order valence-electron chi connectivity index (χ2n) is 7.12. The van der Waals surface area contributed by atoms with Crippen molar-refractivity contribution < 1.29 is 22.7 Å². The Labute approximate surface area is 167 Å². The molecule has 8 heteroatoms. The molecule has 0 amide bonds. The fourth-order valence-corrected chi connectivity index (χ4v) is 3.07. The van der Waals surface area contributed by atoms with E-state index in [9.17, 15) is 13.2 Å². The van der Waals surface area contributed by atoms with Gasteiger partial charge in [0.25, 0.3) is 0 Å². The van der Waals surface area contributed by atoms with Crippen molar-refractivity contribution in [2.45, 2.75) is 32.7 Å². The van der Waals surface area contributed by atoms with E-state index in [1.165, 1.54) is 18.2 Å². The first-order valence-electron chi connectivity index (χ1n) is 9.03. The summed E-state index contributed by atoms with van der Waals surface area (Å²) in [4.78, 5) is 11.9. The summed E-state index contributed by atoms with van der Waals surface area (Å²) in [5, 5.41) is 4.10. The average molecular weight is 405 g/mol. The molecule has 2 aromatic rings. The lowest BCUT2D eigenvalue weighted by Gasteiger charge is -2.15. The molecule has 0 saturated heterocycles. The van der Waals surface area contributed by atoms with E-state index in [-0.39, 0.29) is 11.9 Å². The van der Waals surface area contributed by atoms with Crippen molar-refractivity contribution in [1.29, 1.82) is 0 Å². The van der Waals surface area contributed by atoms with Gasteiger partial charge in [0, 0.05) is 26.1 Å². The van der Waals surface area contributed by atoms with E-state index < -0.39 is 6.36 Å². The summed E-state index contributed by atoms with van der Waals surface area (Å²) in [6.07, 6.45) is -2.84. The normalized spacial score (nSPS) is 16.7. The van der Waals surface area contributed by atoms with E-state index in [2.05, 4.69) is 14.9 Å². The fourth-order valence-electron chi connectivity index (χ4n) is 3.07. The molecule has 0 fully saturated rings. The molecule has 0 saturated carbocycles. The first-order chi connectivity index (χ1) is 13.6. The number of aryl methyl sites for hydroxylation is 2. The van der Waals surface area contributed by atoms with Crippen LogP contribution in [0.5, 0.6) is 5.75 Å². The smallest absolute Gasteiger partial charge is 0.406 e. The molecule has 1 atom stereocenters. The molecule has 0 aliphatic carbocycles. The van der Waals surface area contributed by atoms with Crippen LogP contribution in [-0.2, 0) is 4.84 Å². The van der Waals surface area contributed by atoms with Gasteiger partial charge in [0.2, 0.25) is 0 Å². The summed E-state index contributed by atoms with van der Waals surface area (Å²) < 4.78 is 41.4. The molecule has 1 heterocycles. The van der Waals surface area contributed by atoms with Gasteiger partial charge in [-0.2, -0.15) is 0 Å². The number of aliphatic imine (C=N–C) groups is 1. The van der Waals surface area contributed by atoms with Gasteiger partial charge in [-0.15, -0.1) is 13.2 Å². The first-order valence-corrected chi connectivity index (χ1v) is 9.03. The third-order valence-corrected chi connectivity index (χ3v) is 4.43. The Morgan fingerprint density at radius 2 is 1.93 bits per heavy atom. The molecule has 0 bridgehead atoms. The molecule has 1 aliphatic heterocycles. The maximum atomic E-state index is 12.5. The summed E-state index contributed by atoms with van der Waals surface area (Å²) in [5.41, 5.74) is 4.98. The van der Waals surface area contributed by atoms with E-state index in [1.807, 2.05) is 45.0 Å². The van der Waals surface area contributed by atoms with Crippen LogP contribution in [0.25, 0.3) is 0 Å². The standard InChI is InChI=1S/C21H22F3N3O2/c1-13-9-18(25-12-27(3)4)14(2)8-17(13)20-11-19(26-29-20)15-6-5-7-16(10-15)28-21(22,23)24/h5-10,12,20H,11H2,1-4H3/b25-12-. The molecule has 0 radical (unpaired) electrons. The number of rotatable bonds is 5. The van der Waals surface area contributed by atoms with Crippen LogP contribution in [0.2, 0.25) is 0 Å². The molecule has 0 N–H and O–H groups in total. The monoisotopic (exact) mass is 405 g/mol. The Hall–Kier alpha value is -3.03. The van der Waals surface area contributed by atoms with Crippen molar-refractivity contribution in [1.82, 2.24) is 4.90 Å². The van der Waals surface area contributed by atoms with Crippen LogP contribution in [0.15, 0.2) is 46.5 Å². The molecule has 2 aromatic carbocycles. The van der Waals surface area contributed by atoms with Gasteiger partial charge in [0.05, 0.1) is 17.7 Å². The van der Waals surface area contributed by atoms with Crippen molar-refractivity contribution in [3.8, 4) is 5.75 Å². The van der Waals surface area contributed by atoms with Gasteiger partial charge in [0.1, 0.15) is 5.75 Å². The maximum absolute atomic E-state index is 12.5. The first kappa shape index (κ1) is 20.7. The summed E-state index contributed by atoms with van der Waals surface area (Å²) >= 11 is 0. The average Bonchev–Trinajstić information content (AvgIpc) is 3.10. The minimum atomic E-state index is -4.74. The highest BCUT2D eigenvalue weighted by Crippen LogP contribution is 2.35.